The zero-order valence-corrected chi connectivity index (χ0v) is 11.9. The van der Waals surface area contributed by atoms with Crippen LogP contribution in [0.4, 0.5) is 13.2 Å². The highest BCUT2D eigenvalue weighted by Crippen LogP contribution is 2.26. The number of carbonyl (C=O) groups excluding carboxylic acids is 1. The molecule has 1 aromatic carbocycles. The maximum absolute atomic E-state index is 12.6. The van der Waals surface area contributed by atoms with E-state index in [0.717, 1.165) is 5.56 Å². The molecule has 0 aliphatic carbocycles. The quantitative estimate of drug-likeness (QED) is 0.868. The summed E-state index contributed by atoms with van der Waals surface area (Å²) in [5.74, 6) is -0.689. The third kappa shape index (κ3) is 5.23. The van der Waals surface area contributed by atoms with Crippen LogP contribution < -0.4 is 5.32 Å². The summed E-state index contributed by atoms with van der Waals surface area (Å²) in [6.45, 7) is 5.41. The van der Waals surface area contributed by atoms with Crippen LogP contribution in [-0.4, -0.2) is 18.1 Å². The number of nitrogens with one attached hydrogen (secondary N) is 1. The van der Waals surface area contributed by atoms with E-state index in [-0.39, 0.29) is 5.92 Å². The Morgan fingerprint density at radius 3 is 2.25 bits per heavy atom. The van der Waals surface area contributed by atoms with Crippen LogP contribution in [0.5, 0.6) is 0 Å². The fourth-order valence-electron chi connectivity index (χ4n) is 1.89. The first-order valence-electron chi connectivity index (χ1n) is 6.67. The first-order chi connectivity index (χ1) is 9.23. The minimum atomic E-state index is -4.28. The number of alkyl halides is 3. The van der Waals surface area contributed by atoms with Gasteiger partial charge in [-0.15, -0.1) is 0 Å². The van der Waals surface area contributed by atoms with Gasteiger partial charge in [0.2, 0.25) is 0 Å². The molecule has 2 atom stereocenters. The van der Waals surface area contributed by atoms with E-state index in [1.54, 1.807) is 31.2 Å². The lowest BCUT2D eigenvalue weighted by molar-refractivity contribution is -0.142. The number of hydrogen-bond donors (Lipinski definition) is 1. The van der Waals surface area contributed by atoms with Crippen LogP contribution in [0, 0.1) is 12.8 Å². The molecule has 0 saturated heterocycles. The molecule has 0 spiro atoms. The molecule has 0 bridgehead atoms. The maximum atomic E-state index is 12.6. The second-order valence-electron chi connectivity index (χ2n) is 5.15. The van der Waals surface area contributed by atoms with Crippen molar-refractivity contribution >= 4 is 5.91 Å². The topological polar surface area (TPSA) is 29.1 Å². The molecular weight excluding hydrogens is 267 g/mol. The van der Waals surface area contributed by atoms with Crippen molar-refractivity contribution < 1.29 is 18.0 Å². The number of amides is 1. The van der Waals surface area contributed by atoms with E-state index in [2.05, 4.69) is 5.32 Å². The highest BCUT2D eigenvalue weighted by atomic mass is 19.4. The summed E-state index contributed by atoms with van der Waals surface area (Å²) >= 11 is 0. The van der Waals surface area contributed by atoms with Crippen molar-refractivity contribution in [3.8, 4) is 0 Å². The van der Waals surface area contributed by atoms with Gasteiger partial charge in [-0.25, -0.2) is 0 Å². The van der Waals surface area contributed by atoms with Crippen LogP contribution in [-0.2, 0) is 0 Å². The number of carbonyl (C=O) groups is 1. The summed E-state index contributed by atoms with van der Waals surface area (Å²) < 4.78 is 37.7. The van der Waals surface area contributed by atoms with Crippen molar-refractivity contribution in [1.29, 1.82) is 0 Å². The molecule has 2 unspecified atom stereocenters. The Hall–Kier alpha value is -1.52. The summed E-state index contributed by atoms with van der Waals surface area (Å²) in [4.78, 5) is 12.0. The summed E-state index contributed by atoms with van der Waals surface area (Å²) in [5.41, 5.74) is 1.38. The van der Waals surface area contributed by atoms with Crippen molar-refractivity contribution in [2.45, 2.75) is 45.8 Å². The zero-order chi connectivity index (χ0) is 15.3. The number of benzene rings is 1. The van der Waals surface area contributed by atoms with Gasteiger partial charge in [0.1, 0.15) is 0 Å². The maximum Gasteiger partial charge on any atom is 0.391 e. The van der Waals surface area contributed by atoms with E-state index in [0.29, 0.717) is 12.0 Å². The second kappa shape index (κ2) is 6.77. The van der Waals surface area contributed by atoms with Crippen molar-refractivity contribution in [2.75, 3.05) is 0 Å². The van der Waals surface area contributed by atoms with Crippen LogP contribution in [0.2, 0.25) is 0 Å². The van der Waals surface area contributed by atoms with Crippen molar-refractivity contribution in [1.82, 2.24) is 5.32 Å². The van der Waals surface area contributed by atoms with Gasteiger partial charge in [0.15, 0.2) is 0 Å². The van der Waals surface area contributed by atoms with Crippen molar-refractivity contribution in [3.05, 3.63) is 35.4 Å². The first kappa shape index (κ1) is 16.5. The smallest absolute Gasteiger partial charge is 0.349 e. The first-order valence-corrected chi connectivity index (χ1v) is 6.67. The van der Waals surface area contributed by atoms with Crippen molar-refractivity contribution in [3.63, 3.8) is 0 Å². The predicted octanol–water partition coefficient (Wildman–Crippen LogP) is 4.09. The van der Waals surface area contributed by atoms with Gasteiger partial charge < -0.3 is 5.32 Å². The number of halogens is 3. The van der Waals surface area contributed by atoms with Gasteiger partial charge in [-0.1, -0.05) is 38.0 Å². The summed E-state index contributed by atoms with van der Waals surface area (Å²) in [7, 11) is 0. The molecule has 5 heteroatoms. The van der Waals surface area contributed by atoms with Crippen LogP contribution in [0.15, 0.2) is 24.3 Å². The summed E-state index contributed by atoms with van der Waals surface area (Å²) in [6.07, 6.45) is -4.71. The Kier molecular flexibility index (Phi) is 5.60. The van der Waals surface area contributed by atoms with E-state index in [4.69, 9.17) is 0 Å². The number of aryl methyl sites for hydroxylation is 1. The Morgan fingerprint density at radius 1 is 1.25 bits per heavy atom. The summed E-state index contributed by atoms with van der Waals surface area (Å²) in [6, 6.07) is 5.86. The third-order valence-corrected chi connectivity index (χ3v) is 3.41. The lowest BCUT2D eigenvalue weighted by atomic mass is 9.95. The Bertz CT molecular complexity index is 439. The average Bonchev–Trinajstić information content (AvgIpc) is 2.36. The summed E-state index contributed by atoms with van der Waals surface area (Å²) in [5, 5.41) is 2.50. The minimum Gasteiger partial charge on any atom is -0.349 e. The van der Waals surface area contributed by atoms with Crippen LogP contribution in [0.1, 0.15) is 42.6 Å². The van der Waals surface area contributed by atoms with Crippen LogP contribution in [0.3, 0.4) is 0 Å². The largest absolute Gasteiger partial charge is 0.391 e. The molecule has 0 aliphatic rings. The van der Waals surface area contributed by atoms with Gasteiger partial charge in [0.25, 0.3) is 5.91 Å². The van der Waals surface area contributed by atoms with E-state index in [1.807, 2.05) is 13.8 Å². The van der Waals surface area contributed by atoms with Gasteiger partial charge in [0.05, 0.1) is 6.42 Å². The highest BCUT2D eigenvalue weighted by Gasteiger charge is 2.34. The molecule has 0 saturated carbocycles. The molecule has 1 aromatic rings. The molecule has 1 N–H and O–H groups in total. The molecule has 0 aromatic heterocycles. The second-order valence-corrected chi connectivity index (χ2v) is 5.15. The van der Waals surface area contributed by atoms with Crippen molar-refractivity contribution in [2.24, 2.45) is 5.92 Å². The van der Waals surface area contributed by atoms with Gasteiger partial charge in [-0.2, -0.15) is 13.2 Å². The van der Waals surface area contributed by atoms with Gasteiger partial charge in [-0.3, -0.25) is 4.79 Å². The highest BCUT2D eigenvalue weighted by molar-refractivity contribution is 5.94. The third-order valence-electron chi connectivity index (χ3n) is 3.41. The van der Waals surface area contributed by atoms with E-state index >= 15 is 0 Å². The molecule has 1 amide bonds. The van der Waals surface area contributed by atoms with E-state index < -0.39 is 24.5 Å². The molecule has 0 aliphatic heterocycles. The molecular formula is C15H20F3NO. The molecule has 2 nitrogen and oxygen atoms in total. The molecule has 112 valence electrons. The molecule has 0 radical (unpaired) electrons. The zero-order valence-electron chi connectivity index (χ0n) is 11.9. The molecule has 0 heterocycles. The monoisotopic (exact) mass is 287 g/mol. The van der Waals surface area contributed by atoms with Gasteiger partial charge in [0, 0.05) is 11.6 Å². The predicted molar refractivity (Wildman–Crippen MR) is 72.6 cm³/mol. The number of rotatable bonds is 5. The Morgan fingerprint density at radius 2 is 1.80 bits per heavy atom. The fourth-order valence-corrected chi connectivity index (χ4v) is 1.89. The lowest BCUT2D eigenvalue weighted by Gasteiger charge is -2.25. The van der Waals surface area contributed by atoms with Gasteiger partial charge in [-0.05, 0) is 25.0 Å². The molecule has 20 heavy (non-hydrogen) atoms. The minimum absolute atomic E-state index is 0.231. The number of hydrogen-bond acceptors (Lipinski definition) is 1. The van der Waals surface area contributed by atoms with E-state index in [9.17, 15) is 18.0 Å². The van der Waals surface area contributed by atoms with Crippen LogP contribution in [0.25, 0.3) is 0 Å². The molecule has 1 rings (SSSR count). The Labute approximate surface area is 117 Å². The Balaban J connectivity index is 2.78. The standard InChI is InChI=1S/C15H20F3NO/c1-4-11(3)13(9-15(16,17)18)19-14(20)12-7-5-10(2)6-8-12/h5-8,11,13H,4,9H2,1-3H3,(H,19,20). The van der Waals surface area contributed by atoms with E-state index in [1.165, 1.54) is 0 Å². The van der Waals surface area contributed by atoms with Gasteiger partial charge >= 0.3 is 6.18 Å². The fraction of sp³-hybridized carbons (Fsp3) is 0.533. The molecule has 0 fully saturated rings. The lowest BCUT2D eigenvalue weighted by Crippen LogP contribution is -2.42. The average molecular weight is 287 g/mol. The normalized spacial score (nSPS) is 14.7. The SMILES string of the molecule is CCC(C)C(CC(F)(F)F)NC(=O)c1ccc(C)cc1. The van der Waals surface area contributed by atoms with Crippen LogP contribution >= 0.6 is 0 Å².